The van der Waals surface area contributed by atoms with Gasteiger partial charge in [-0.3, -0.25) is 0 Å². The van der Waals surface area contributed by atoms with Crippen molar-refractivity contribution < 1.29 is 4.42 Å². The fraction of sp³-hybridized carbons (Fsp3) is 0. The van der Waals surface area contributed by atoms with Gasteiger partial charge in [0.25, 0.3) is 0 Å². The molecule has 2 nitrogen and oxygen atoms in total. The van der Waals surface area contributed by atoms with Gasteiger partial charge < -0.3 is 8.98 Å². The molecule has 0 unspecified atom stereocenters. The molecule has 9 rings (SSSR count). The van der Waals surface area contributed by atoms with Gasteiger partial charge in [-0.2, -0.15) is 0 Å². The SMILES string of the molecule is c1ccc(-n2c3ccccc3c3sc4cccc(-c5ccccc5-c5ccc6oc7ccccc7c6c5)c4c32)cc1. The molecule has 3 aromatic heterocycles. The lowest BCUT2D eigenvalue weighted by Gasteiger charge is -2.13. The summed E-state index contributed by atoms with van der Waals surface area (Å²) in [5.41, 5.74) is 10.4. The molecule has 0 aliphatic rings. The molecule has 0 aliphatic heterocycles. The Hall–Kier alpha value is -5.12. The normalized spacial score (nSPS) is 11.9. The Bertz CT molecular complexity index is 2420. The molecule has 0 saturated carbocycles. The monoisotopic (exact) mass is 541 g/mol. The maximum absolute atomic E-state index is 6.14. The minimum Gasteiger partial charge on any atom is -0.456 e. The predicted octanol–water partition coefficient (Wildman–Crippen LogP) is 11.2. The number of aromatic nitrogens is 1. The second-order valence-corrected chi connectivity index (χ2v) is 11.6. The lowest BCUT2D eigenvalue weighted by atomic mass is 9.92. The molecule has 0 spiro atoms. The highest BCUT2D eigenvalue weighted by Gasteiger charge is 2.21. The number of thiophene rings is 1. The van der Waals surface area contributed by atoms with E-state index in [1.54, 1.807) is 0 Å². The van der Waals surface area contributed by atoms with Crippen LogP contribution in [0.1, 0.15) is 0 Å². The van der Waals surface area contributed by atoms with E-state index in [-0.39, 0.29) is 0 Å². The van der Waals surface area contributed by atoms with Crippen LogP contribution in [-0.2, 0) is 0 Å². The number of fused-ring (bicyclic) bond motifs is 8. The van der Waals surface area contributed by atoms with Crippen molar-refractivity contribution in [2.24, 2.45) is 0 Å². The van der Waals surface area contributed by atoms with Gasteiger partial charge in [0.2, 0.25) is 0 Å². The summed E-state index contributed by atoms with van der Waals surface area (Å²) in [6, 6.07) is 49.9. The zero-order valence-electron chi connectivity index (χ0n) is 22.0. The largest absolute Gasteiger partial charge is 0.456 e. The zero-order chi connectivity index (χ0) is 26.9. The molecule has 0 bridgehead atoms. The molecule has 3 heterocycles. The molecule has 41 heavy (non-hydrogen) atoms. The lowest BCUT2D eigenvalue weighted by Crippen LogP contribution is -1.94. The topological polar surface area (TPSA) is 18.1 Å². The molecule has 0 amide bonds. The van der Waals surface area contributed by atoms with E-state index in [4.69, 9.17) is 4.42 Å². The highest BCUT2D eigenvalue weighted by Crippen LogP contribution is 2.47. The number of nitrogens with zero attached hydrogens (tertiary/aromatic N) is 1. The summed E-state index contributed by atoms with van der Waals surface area (Å²) < 4.78 is 11.2. The zero-order valence-corrected chi connectivity index (χ0v) is 22.9. The van der Waals surface area contributed by atoms with Crippen LogP contribution in [0.25, 0.3) is 81.1 Å². The summed E-state index contributed by atoms with van der Waals surface area (Å²) in [5.74, 6) is 0. The predicted molar refractivity (Wildman–Crippen MR) is 174 cm³/mol. The lowest BCUT2D eigenvalue weighted by molar-refractivity contribution is 0.669. The molecule has 9 aromatic rings. The van der Waals surface area contributed by atoms with Gasteiger partial charge in [0.15, 0.2) is 0 Å². The first-order valence-corrected chi connectivity index (χ1v) is 14.7. The Labute approximate surface area is 240 Å². The van der Waals surface area contributed by atoms with E-state index in [2.05, 4.69) is 132 Å². The fourth-order valence-corrected chi connectivity index (χ4v) is 7.69. The maximum atomic E-state index is 6.14. The van der Waals surface area contributed by atoms with Crippen molar-refractivity contribution in [2.45, 2.75) is 0 Å². The average molecular weight is 542 g/mol. The van der Waals surface area contributed by atoms with Gasteiger partial charge in [-0.15, -0.1) is 11.3 Å². The van der Waals surface area contributed by atoms with Crippen LogP contribution in [0.5, 0.6) is 0 Å². The van der Waals surface area contributed by atoms with E-state index in [1.807, 2.05) is 23.5 Å². The number of hydrogen-bond acceptors (Lipinski definition) is 2. The molecule has 0 saturated heterocycles. The van der Waals surface area contributed by atoms with Gasteiger partial charge in [0, 0.05) is 31.9 Å². The molecule has 0 aliphatic carbocycles. The van der Waals surface area contributed by atoms with Crippen LogP contribution in [0, 0.1) is 0 Å². The molecule has 6 aromatic carbocycles. The first-order valence-electron chi connectivity index (χ1n) is 13.9. The van der Waals surface area contributed by atoms with Gasteiger partial charge in [0.05, 0.1) is 15.7 Å². The van der Waals surface area contributed by atoms with Crippen LogP contribution < -0.4 is 0 Å². The number of para-hydroxylation sites is 3. The van der Waals surface area contributed by atoms with Gasteiger partial charge in [-0.1, -0.05) is 97.1 Å². The minimum atomic E-state index is 0.918. The second kappa shape index (κ2) is 8.69. The van der Waals surface area contributed by atoms with Gasteiger partial charge in [-0.25, -0.2) is 0 Å². The van der Waals surface area contributed by atoms with Crippen LogP contribution in [0.4, 0.5) is 0 Å². The minimum absolute atomic E-state index is 0.918. The highest BCUT2D eigenvalue weighted by atomic mass is 32.1. The second-order valence-electron chi connectivity index (χ2n) is 10.5. The van der Waals surface area contributed by atoms with Crippen LogP contribution in [-0.4, -0.2) is 4.57 Å². The summed E-state index contributed by atoms with van der Waals surface area (Å²) in [5, 5.41) is 4.89. The summed E-state index contributed by atoms with van der Waals surface area (Å²) in [6.07, 6.45) is 0. The number of furan rings is 1. The van der Waals surface area contributed by atoms with Crippen molar-refractivity contribution in [3.63, 3.8) is 0 Å². The van der Waals surface area contributed by atoms with E-state index < -0.39 is 0 Å². The van der Waals surface area contributed by atoms with Crippen LogP contribution in [0.3, 0.4) is 0 Å². The molecule has 0 atom stereocenters. The third-order valence-corrected chi connectivity index (χ3v) is 9.40. The van der Waals surface area contributed by atoms with Crippen LogP contribution in [0.2, 0.25) is 0 Å². The molecule has 192 valence electrons. The molecule has 0 radical (unpaired) electrons. The first kappa shape index (κ1) is 22.7. The Morgan fingerprint density at radius 3 is 2.12 bits per heavy atom. The number of hydrogen-bond donors (Lipinski definition) is 0. The van der Waals surface area contributed by atoms with Crippen LogP contribution in [0.15, 0.2) is 144 Å². The summed E-state index contributed by atoms with van der Waals surface area (Å²) in [7, 11) is 0. The smallest absolute Gasteiger partial charge is 0.135 e. The molecule has 0 fully saturated rings. The van der Waals surface area contributed by atoms with Gasteiger partial charge >= 0.3 is 0 Å². The molecular formula is C38H23NOS. The van der Waals surface area contributed by atoms with E-state index in [9.17, 15) is 0 Å². The van der Waals surface area contributed by atoms with E-state index in [1.165, 1.54) is 59.1 Å². The van der Waals surface area contributed by atoms with Crippen LogP contribution >= 0.6 is 11.3 Å². The highest BCUT2D eigenvalue weighted by molar-refractivity contribution is 7.26. The Morgan fingerprint density at radius 2 is 1.22 bits per heavy atom. The summed E-state index contributed by atoms with van der Waals surface area (Å²) in [6.45, 7) is 0. The van der Waals surface area contributed by atoms with Crippen molar-refractivity contribution in [3.05, 3.63) is 140 Å². The van der Waals surface area contributed by atoms with Gasteiger partial charge in [-0.05, 0) is 64.7 Å². The van der Waals surface area contributed by atoms with E-state index >= 15 is 0 Å². The van der Waals surface area contributed by atoms with E-state index in [0.29, 0.717) is 0 Å². The van der Waals surface area contributed by atoms with Crippen molar-refractivity contribution in [3.8, 4) is 27.9 Å². The summed E-state index contributed by atoms with van der Waals surface area (Å²) >= 11 is 1.89. The molecule has 3 heteroatoms. The van der Waals surface area contributed by atoms with Gasteiger partial charge in [0.1, 0.15) is 11.2 Å². The molecule has 0 N–H and O–H groups in total. The van der Waals surface area contributed by atoms with E-state index in [0.717, 1.165) is 21.9 Å². The first-order chi connectivity index (χ1) is 20.3. The maximum Gasteiger partial charge on any atom is 0.135 e. The number of benzene rings is 6. The van der Waals surface area contributed by atoms with Crippen molar-refractivity contribution in [2.75, 3.05) is 0 Å². The Balaban J connectivity index is 1.36. The Morgan fingerprint density at radius 1 is 0.512 bits per heavy atom. The van der Waals surface area contributed by atoms with Crippen molar-refractivity contribution in [1.29, 1.82) is 0 Å². The average Bonchev–Trinajstić information content (AvgIpc) is 3.70. The number of rotatable bonds is 3. The quantitative estimate of drug-likeness (QED) is 0.217. The fourth-order valence-electron chi connectivity index (χ4n) is 6.44. The molecular weight excluding hydrogens is 518 g/mol. The third kappa shape index (κ3) is 3.30. The Kier molecular flexibility index (Phi) is 4.80. The van der Waals surface area contributed by atoms with Crippen molar-refractivity contribution >= 4 is 64.5 Å². The summed E-state index contributed by atoms with van der Waals surface area (Å²) in [4.78, 5) is 0. The third-order valence-electron chi connectivity index (χ3n) is 8.22. The van der Waals surface area contributed by atoms with Crippen molar-refractivity contribution in [1.82, 2.24) is 4.57 Å². The standard InChI is InChI=1S/C38H23NOS/c1-2-11-25(12-3-1)39-32-18-8-6-16-30(32)38-37(39)36-29(17-10-20-35(36)41-38)27-14-5-4-13-26(27)24-21-22-34-31(23-24)28-15-7-9-19-33(28)40-34/h1-23H.